The number of hydrogen-bond donors (Lipinski definition) is 3. The van der Waals surface area contributed by atoms with Crippen molar-refractivity contribution in [2.24, 2.45) is 5.73 Å². The van der Waals surface area contributed by atoms with Crippen LogP contribution in [0.2, 0.25) is 0 Å². The fourth-order valence-electron chi connectivity index (χ4n) is 2.46. The molecule has 1 amide bonds. The molecule has 0 heterocycles. The van der Waals surface area contributed by atoms with E-state index in [1.807, 2.05) is 24.3 Å². The maximum Gasteiger partial charge on any atom is 0.269 e. The molecule has 0 spiro atoms. The summed E-state index contributed by atoms with van der Waals surface area (Å²) in [5, 5.41) is 13.1. The number of aliphatic hydroxyl groups excluding tert-OH is 1. The van der Waals surface area contributed by atoms with Crippen LogP contribution in [0.15, 0.2) is 60.7 Å². The smallest absolute Gasteiger partial charge is 0.269 e. The Morgan fingerprint density at radius 3 is 2.32 bits per heavy atom. The molecule has 6 heteroatoms. The number of nitrogens with two attached hydrogens (primary N) is 1. The molecule has 4 N–H and O–H groups in total. The van der Waals surface area contributed by atoms with Crippen molar-refractivity contribution in [3.05, 3.63) is 66.2 Å². The first-order valence-corrected chi connectivity index (χ1v) is 8.19. The van der Waals surface area contributed by atoms with Crippen LogP contribution in [0.4, 0.5) is 0 Å². The summed E-state index contributed by atoms with van der Waals surface area (Å²) in [6, 6.07) is 18.1. The van der Waals surface area contributed by atoms with Crippen LogP contribution < -0.4 is 15.8 Å². The van der Waals surface area contributed by atoms with E-state index in [1.54, 1.807) is 43.3 Å². The zero-order chi connectivity index (χ0) is 18.1. The van der Waals surface area contributed by atoms with Crippen LogP contribution in [0.3, 0.4) is 0 Å². The van der Waals surface area contributed by atoms with E-state index in [2.05, 4.69) is 5.32 Å². The predicted molar refractivity (Wildman–Crippen MR) is 94.9 cm³/mol. The van der Waals surface area contributed by atoms with E-state index in [0.717, 1.165) is 0 Å². The topological polar surface area (TPSA) is 93.8 Å². The average Bonchev–Trinajstić information content (AvgIpc) is 2.64. The highest BCUT2D eigenvalue weighted by molar-refractivity contribution is 5.84. The number of aliphatic hydroxyl groups is 1. The summed E-state index contributed by atoms with van der Waals surface area (Å²) in [6.45, 7) is 2.20. The van der Waals surface area contributed by atoms with Gasteiger partial charge in [0.15, 0.2) is 0 Å². The second-order valence-electron chi connectivity index (χ2n) is 5.50. The maximum absolute atomic E-state index is 12.1. The summed E-state index contributed by atoms with van der Waals surface area (Å²) >= 11 is 0. The second kappa shape index (κ2) is 9.17. The Morgan fingerprint density at radius 1 is 1.16 bits per heavy atom. The molecule has 0 aliphatic rings. The quantitative estimate of drug-likeness (QED) is 0.566. The molecule has 2 unspecified atom stereocenters. The van der Waals surface area contributed by atoms with Crippen LogP contribution in [0, 0.1) is 0 Å². The minimum atomic E-state index is -1.50. The molecule has 0 saturated carbocycles. The summed E-state index contributed by atoms with van der Waals surface area (Å²) in [7, 11) is 0. The first kappa shape index (κ1) is 18.9. The largest absolute Gasteiger partial charge is 0.491 e. The molecular weight excluding hydrogens is 320 g/mol. The van der Waals surface area contributed by atoms with Gasteiger partial charge in [-0.3, -0.25) is 10.1 Å². The van der Waals surface area contributed by atoms with Gasteiger partial charge in [0, 0.05) is 18.7 Å². The number of hydrogen-bond acceptors (Lipinski definition) is 5. The molecular formula is C19H24N2O4. The molecule has 0 aromatic heterocycles. The van der Waals surface area contributed by atoms with Crippen molar-refractivity contribution < 1.29 is 19.4 Å². The average molecular weight is 344 g/mol. The van der Waals surface area contributed by atoms with Crippen LogP contribution in [-0.4, -0.2) is 36.9 Å². The summed E-state index contributed by atoms with van der Waals surface area (Å²) < 4.78 is 11.2. The third kappa shape index (κ3) is 5.03. The molecule has 2 rings (SSSR count). The van der Waals surface area contributed by atoms with E-state index < -0.39 is 17.7 Å². The van der Waals surface area contributed by atoms with Gasteiger partial charge in [0.25, 0.3) is 5.91 Å². The number of primary amides is 1. The van der Waals surface area contributed by atoms with Crippen molar-refractivity contribution in [1.29, 1.82) is 0 Å². The first-order valence-electron chi connectivity index (χ1n) is 8.19. The van der Waals surface area contributed by atoms with Crippen molar-refractivity contribution in [3.63, 3.8) is 0 Å². The lowest BCUT2D eigenvalue weighted by Gasteiger charge is -2.32. The predicted octanol–water partition coefficient (Wildman–Crippen LogP) is 1.39. The van der Waals surface area contributed by atoms with Crippen LogP contribution in [0.1, 0.15) is 12.5 Å². The number of ether oxygens (including phenoxy) is 2. The standard InChI is InChI=1S/C19H24N2O4/c1-2-25-19(18(20)23,15-9-5-3-6-10-15)21-13-16(22)14-24-17-11-7-4-8-12-17/h3-12,16,21-22H,2,13-14H2,1H3,(H2,20,23). The van der Waals surface area contributed by atoms with Crippen molar-refractivity contribution in [3.8, 4) is 5.75 Å². The minimum Gasteiger partial charge on any atom is -0.491 e. The van der Waals surface area contributed by atoms with Gasteiger partial charge < -0.3 is 20.3 Å². The molecule has 6 nitrogen and oxygen atoms in total. The molecule has 0 radical (unpaired) electrons. The summed E-state index contributed by atoms with van der Waals surface area (Å²) in [5.41, 5.74) is 4.69. The Bertz CT molecular complexity index is 651. The highest BCUT2D eigenvalue weighted by Gasteiger charge is 2.39. The molecule has 2 aromatic rings. The van der Waals surface area contributed by atoms with Gasteiger partial charge in [-0.1, -0.05) is 48.5 Å². The van der Waals surface area contributed by atoms with Crippen LogP contribution in [-0.2, 0) is 15.3 Å². The van der Waals surface area contributed by atoms with E-state index in [0.29, 0.717) is 11.3 Å². The SMILES string of the molecule is CCOC(NCC(O)COc1ccccc1)(C(N)=O)c1ccccc1. The molecule has 134 valence electrons. The Morgan fingerprint density at radius 2 is 1.76 bits per heavy atom. The monoisotopic (exact) mass is 344 g/mol. The number of rotatable bonds is 10. The Labute approximate surface area is 147 Å². The van der Waals surface area contributed by atoms with Crippen molar-refractivity contribution in [2.45, 2.75) is 18.8 Å². The molecule has 0 aliphatic heterocycles. The molecule has 0 saturated heterocycles. The van der Waals surface area contributed by atoms with E-state index in [-0.39, 0.29) is 19.8 Å². The van der Waals surface area contributed by atoms with E-state index in [1.165, 1.54) is 0 Å². The third-order valence-electron chi connectivity index (χ3n) is 3.66. The summed E-state index contributed by atoms with van der Waals surface area (Å²) in [5.74, 6) is -0.00712. The van der Waals surface area contributed by atoms with Crippen molar-refractivity contribution in [2.75, 3.05) is 19.8 Å². The van der Waals surface area contributed by atoms with Gasteiger partial charge in [0.2, 0.25) is 5.72 Å². The lowest BCUT2D eigenvalue weighted by molar-refractivity contribution is -0.151. The van der Waals surface area contributed by atoms with E-state index in [4.69, 9.17) is 15.2 Å². The number of amides is 1. The molecule has 0 fully saturated rings. The Balaban J connectivity index is 2.03. The Kier molecular flexibility index (Phi) is 6.94. The van der Waals surface area contributed by atoms with Gasteiger partial charge in [-0.15, -0.1) is 0 Å². The van der Waals surface area contributed by atoms with Crippen LogP contribution in [0.25, 0.3) is 0 Å². The second-order valence-corrected chi connectivity index (χ2v) is 5.50. The van der Waals surface area contributed by atoms with Crippen LogP contribution in [0.5, 0.6) is 5.75 Å². The number of benzene rings is 2. The third-order valence-corrected chi connectivity index (χ3v) is 3.66. The zero-order valence-corrected chi connectivity index (χ0v) is 14.2. The molecule has 0 aliphatic carbocycles. The number of nitrogens with one attached hydrogen (secondary N) is 1. The fourth-order valence-corrected chi connectivity index (χ4v) is 2.46. The zero-order valence-electron chi connectivity index (χ0n) is 14.2. The Hall–Kier alpha value is -2.41. The maximum atomic E-state index is 12.1. The fraction of sp³-hybridized carbons (Fsp3) is 0.316. The number of para-hydroxylation sites is 1. The van der Waals surface area contributed by atoms with Gasteiger partial charge in [-0.25, -0.2) is 0 Å². The van der Waals surface area contributed by atoms with Gasteiger partial charge >= 0.3 is 0 Å². The molecule has 0 bridgehead atoms. The molecule has 25 heavy (non-hydrogen) atoms. The molecule has 2 atom stereocenters. The number of carbonyl (C=O) groups is 1. The van der Waals surface area contributed by atoms with Crippen LogP contribution >= 0.6 is 0 Å². The van der Waals surface area contributed by atoms with Gasteiger partial charge in [-0.2, -0.15) is 0 Å². The van der Waals surface area contributed by atoms with Crippen molar-refractivity contribution >= 4 is 5.91 Å². The minimum absolute atomic E-state index is 0.0741. The number of carbonyl (C=O) groups excluding carboxylic acids is 1. The lowest BCUT2D eigenvalue weighted by Crippen LogP contribution is -2.56. The lowest BCUT2D eigenvalue weighted by atomic mass is 10.0. The summed E-state index contributed by atoms with van der Waals surface area (Å²) in [4.78, 5) is 12.1. The summed E-state index contributed by atoms with van der Waals surface area (Å²) in [6.07, 6.45) is -0.844. The van der Waals surface area contributed by atoms with Gasteiger partial charge in [-0.05, 0) is 19.1 Å². The van der Waals surface area contributed by atoms with Gasteiger partial charge in [0.1, 0.15) is 18.5 Å². The van der Waals surface area contributed by atoms with Crippen molar-refractivity contribution in [1.82, 2.24) is 5.32 Å². The molecule has 2 aromatic carbocycles. The van der Waals surface area contributed by atoms with E-state index in [9.17, 15) is 9.90 Å². The highest BCUT2D eigenvalue weighted by Crippen LogP contribution is 2.22. The first-order chi connectivity index (χ1) is 12.1. The highest BCUT2D eigenvalue weighted by atomic mass is 16.5. The normalized spacial score (nSPS) is 14.5. The van der Waals surface area contributed by atoms with E-state index >= 15 is 0 Å². The van der Waals surface area contributed by atoms with Gasteiger partial charge in [0.05, 0.1) is 0 Å².